The molecule has 0 fully saturated rings. The van der Waals surface area contributed by atoms with E-state index >= 15 is 0 Å². The maximum Gasteiger partial charge on any atom is 0.360 e. The van der Waals surface area contributed by atoms with E-state index in [9.17, 15) is 24.2 Å². The van der Waals surface area contributed by atoms with Crippen molar-refractivity contribution in [2.45, 2.75) is 0 Å². The standard InChI is InChI=1S/C34H19FN6O6/c35-27-20-24(12-9-21-5-2-1-3-6-21)15-18-28(27)47-32-30(34(44)45)41(40-38-32)25-16-13-22(14-17-25)10-11-23-7-4-8-26(19-23)46-31-29(33(42)43)36-39-37-31/h1-8,13-20H,(H,42,43)(H,44,45)(H,36,37,39). The predicted octanol–water partition coefficient (Wildman–Crippen LogP) is 5.31. The normalized spacial score (nSPS) is 10.2. The summed E-state index contributed by atoms with van der Waals surface area (Å²) in [5.74, 6) is 7.87. The summed E-state index contributed by atoms with van der Waals surface area (Å²) in [5.41, 5.74) is 1.99. The van der Waals surface area contributed by atoms with Crippen LogP contribution in [0.15, 0.2) is 97.1 Å². The predicted molar refractivity (Wildman–Crippen MR) is 163 cm³/mol. The van der Waals surface area contributed by atoms with Gasteiger partial charge < -0.3 is 19.7 Å². The minimum Gasteiger partial charge on any atom is -0.476 e. The number of hydrogen-bond donors (Lipinski definition) is 3. The fraction of sp³-hybridized carbons (Fsp3) is 0. The quantitative estimate of drug-likeness (QED) is 0.198. The Balaban J connectivity index is 1.17. The van der Waals surface area contributed by atoms with E-state index in [0.717, 1.165) is 10.2 Å². The minimum absolute atomic E-state index is 0.187. The smallest absolute Gasteiger partial charge is 0.360 e. The van der Waals surface area contributed by atoms with Crippen LogP contribution in [0.4, 0.5) is 4.39 Å². The molecule has 3 N–H and O–H groups in total. The molecule has 12 nitrogen and oxygen atoms in total. The van der Waals surface area contributed by atoms with Gasteiger partial charge in [0.1, 0.15) is 5.75 Å². The van der Waals surface area contributed by atoms with Crippen LogP contribution in [-0.4, -0.2) is 52.6 Å². The number of nitrogens with zero attached hydrogens (tertiary/aromatic N) is 5. The van der Waals surface area contributed by atoms with Crippen LogP contribution in [0.1, 0.15) is 43.2 Å². The molecular formula is C34H19FN6O6. The molecule has 0 saturated carbocycles. The van der Waals surface area contributed by atoms with Crippen molar-refractivity contribution in [2.75, 3.05) is 0 Å². The number of nitrogens with one attached hydrogen (secondary N) is 1. The first-order valence-electron chi connectivity index (χ1n) is 13.6. The molecule has 0 amide bonds. The Bertz CT molecular complexity index is 2240. The lowest BCUT2D eigenvalue weighted by Crippen LogP contribution is -2.09. The molecule has 6 aromatic rings. The zero-order chi connectivity index (χ0) is 32.8. The van der Waals surface area contributed by atoms with Crippen molar-refractivity contribution in [3.05, 3.63) is 137 Å². The number of carboxylic acids is 2. The SMILES string of the molecule is O=C(O)c1[nH]nnc1Oc1cccc(C#Cc2ccc(-n3nnc(Oc4ccc(C#Cc5ccccc5)cc4F)c3C(=O)O)cc2)c1. The zero-order valence-electron chi connectivity index (χ0n) is 23.9. The van der Waals surface area contributed by atoms with Crippen LogP contribution in [0.25, 0.3) is 5.69 Å². The van der Waals surface area contributed by atoms with Crippen LogP contribution in [0.3, 0.4) is 0 Å². The van der Waals surface area contributed by atoms with Crippen molar-refractivity contribution >= 4 is 11.9 Å². The molecule has 0 atom stereocenters. The molecule has 0 aliphatic heterocycles. The molecule has 13 heteroatoms. The highest BCUT2D eigenvalue weighted by Gasteiger charge is 2.24. The maximum absolute atomic E-state index is 14.9. The Labute approximate surface area is 265 Å². The largest absolute Gasteiger partial charge is 0.476 e. The molecule has 2 heterocycles. The highest BCUT2D eigenvalue weighted by Crippen LogP contribution is 2.28. The number of H-pyrrole nitrogens is 1. The summed E-state index contributed by atoms with van der Waals surface area (Å²) >= 11 is 0. The van der Waals surface area contributed by atoms with E-state index < -0.39 is 29.3 Å². The Morgan fingerprint density at radius 2 is 1.36 bits per heavy atom. The van der Waals surface area contributed by atoms with Gasteiger partial charge in [0, 0.05) is 22.3 Å². The van der Waals surface area contributed by atoms with E-state index in [4.69, 9.17) is 9.47 Å². The Morgan fingerprint density at radius 3 is 2.06 bits per heavy atom. The number of carboxylic acid groups (broad SMARTS) is 2. The lowest BCUT2D eigenvalue weighted by Gasteiger charge is -2.07. The number of rotatable bonds is 7. The van der Waals surface area contributed by atoms with Crippen LogP contribution < -0.4 is 9.47 Å². The maximum atomic E-state index is 14.9. The number of benzene rings is 4. The molecule has 0 bridgehead atoms. The second kappa shape index (κ2) is 13.2. The molecule has 228 valence electrons. The number of halogens is 1. The Morgan fingerprint density at radius 1 is 0.702 bits per heavy atom. The molecule has 0 unspecified atom stereocenters. The highest BCUT2D eigenvalue weighted by atomic mass is 19.1. The van der Waals surface area contributed by atoms with Gasteiger partial charge in [-0.2, -0.15) is 0 Å². The second-order valence-electron chi connectivity index (χ2n) is 9.55. The number of aromatic nitrogens is 6. The van der Waals surface area contributed by atoms with Crippen LogP contribution in [0.5, 0.6) is 23.3 Å². The van der Waals surface area contributed by atoms with Gasteiger partial charge in [-0.25, -0.2) is 23.8 Å². The molecule has 0 saturated heterocycles. The van der Waals surface area contributed by atoms with Crippen LogP contribution in [0, 0.1) is 29.5 Å². The summed E-state index contributed by atoms with van der Waals surface area (Å²) in [5, 5.41) is 36.2. The summed E-state index contributed by atoms with van der Waals surface area (Å²) in [6, 6.07) is 26.4. The summed E-state index contributed by atoms with van der Waals surface area (Å²) < 4.78 is 27.0. The minimum atomic E-state index is -1.39. The third-order valence-electron chi connectivity index (χ3n) is 6.35. The molecule has 0 radical (unpaired) electrons. The van der Waals surface area contributed by atoms with Gasteiger partial charge >= 0.3 is 11.9 Å². The van der Waals surface area contributed by atoms with Gasteiger partial charge in [-0.1, -0.05) is 68.6 Å². The van der Waals surface area contributed by atoms with E-state index in [2.05, 4.69) is 49.4 Å². The number of carbonyl (C=O) groups is 2. The molecule has 2 aromatic heterocycles. The Hall–Kier alpha value is -7.25. The molecule has 0 spiro atoms. The van der Waals surface area contributed by atoms with Gasteiger partial charge in [-0.15, -0.1) is 0 Å². The van der Waals surface area contributed by atoms with Crippen LogP contribution >= 0.6 is 0 Å². The van der Waals surface area contributed by atoms with Crippen molar-refractivity contribution < 1.29 is 33.7 Å². The van der Waals surface area contributed by atoms with E-state index in [1.165, 1.54) is 12.1 Å². The van der Waals surface area contributed by atoms with Crippen LogP contribution in [-0.2, 0) is 0 Å². The lowest BCUT2D eigenvalue weighted by atomic mass is 10.1. The van der Waals surface area contributed by atoms with Gasteiger partial charge in [0.05, 0.1) is 5.69 Å². The fourth-order valence-corrected chi connectivity index (χ4v) is 4.14. The summed E-state index contributed by atoms with van der Waals surface area (Å²) in [7, 11) is 0. The summed E-state index contributed by atoms with van der Waals surface area (Å²) in [6.07, 6.45) is 0. The first-order valence-corrected chi connectivity index (χ1v) is 13.6. The van der Waals surface area contributed by atoms with Gasteiger partial charge in [0.2, 0.25) is 11.4 Å². The number of ether oxygens (including phenoxy) is 2. The first kappa shape index (κ1) is 29.8. The van der Waals surface area contributed by atoms with Crippen molar-refractivity contribution in [3.8, 4) is 52.6 Å². The molecule has 0 aliphatic carbocycles. The number of aromatic carboxylic acids is 2. The van der Waals surface area contributed by atoms with Crippen LogP contribution in [0.2, 0.25) is 0 Å². The topological polar surface area (TPSA) is 165 Å². The monoisotopic (exact) mass is 626 g/mol. The van der Waals surface area contributed by atoms with Gasteiger partial charge in [-0.3, -0.25) is 0 Å². The molecule has 0 aliphatic rings. The van der Waals surface area contributed by atoms with Crippen molar-refractivity contribution in [1.82, 2.24) is 30.4 Å². The van der Waals surface area contributed by atoms with Crippen molar-refractivity contribution in [3.63, 3.8) is 0 Å². The second-order valence-corrected chi connectivity index (χ2v) is 9.55. The molecule has 4 aromatic carbocycles. The molecule has 47 heavy (non-hydrogen) atoms. The summed E-state index contributed by atoms with van der Waals surface area (Å²) in [4.78, 5) is 23.4. The lowest BCUT2D eigenvalue weighted by molar-refractivity contribution is 0.0674. The average molecular weight is 627 g/mol. The van der Waals surface area contributed by atoms with E-state index in [1.807, 2.05) is 30.3 Å². The number of hydrogen-bond acceptors (Lipinski definition) is 8. The number of aromatic amines is 1. The van der Waals surface area contributed by atoms with Gasteiger partial charge in [-0.05, 0) is 72.8 Å². The third kappa shape index (κ3) is 6.95. The Kier molecular flexibility index (Phi) is 8.35. The van der Waals surface area contributed by atoms with Gasteiger partial charge in [0.25, 0.3) is 11.8 Å². The van der Waals surface area contributed by atoms with E-state index in [-0.39, 0.29) is 17.3 Å². The molecular weight excluding hydrogens is 607 g/mol. The average Bonchev–Trinajstić information content (AvgIpc) is 3.72. The highest BCUT2D eigenvalue weighted by molar-refractivity contribution is 5.89. The fourth-order valence-electron chi connectivity index (χ4n) is 4.14. The van der Waals surface area contributed by atoms with Gasteiger partial charge in [0.15, 0.2) is 11.6 Å². The first-order chi connectivity index (χ1) is 22.8. The van der Waals surface area contributed by atoms with E-state index in [1.54, 1.807) is 54.6 Å². The third-order valence-corrected chi connectivity index (χ3v) is 6.35. The van der Waals surface area contributed by atoms with E-state index in [0.29, 0.717) is 28.1 Å². The van der Waals surface area contributed by atoms with Crippen molar-refractivity contribution in [2.24, 2.45) is 0 Å². The summed E-state index contributed by atoms with van der Waals surface area (Å²) in [6.45, 7) is 0. The zero-order valence-corrected chi connectivity index (χ0v) is 23.9. The van der Waals surface area contributed by atoms with Crippen molar-refractivity contribution in [1.29, 1.82) is 0 Å². The molecule has 6 rings (SSSR count).